The molecule has 1 heterocycles. The number of halogens is 1. The van der Waals surface area contributed by atoms with Crippen molar-refractivity contribution in [3.63, 3.8) is 0 Å². The van der Waals surface area contributed by atoms with Gasteiger partial charge in [0.1, 0.15) is 0 Å². The first-order valence-electron chi connectivity index (χ1n) is 6.66. The summed E-state index contributed by atoms with van der Waals surface area (Å²) in [5.41, 5.74) is 2.85. The van der Waals surface area contributed by atoms with Gasteiger partial charge >= 0.3 is 0 Å². The van der Waals surface area contributed by atoms with Gasteiger partial charge in [-0.2, -0.15) is 5.10 Å². The number of hydrogen-bond acceptors (Lipinski definition) is 4. The Morgan fingerprint density at radius 3 is 2.71 bits per heavy atom. The molecule has 0 aliphatic carbocycles. The molecule has 2 rings (SSSR count). The van der Waals surface area contributed by atoms with Gasteiger partial charge in [0.15, 0.2) is 0 Å². The zero-order valence-electron chi connectivity index (χ0n) is 12.0. The Morgan fingerprint density at radius 2 is 2.14 bits per heavy atom. The lowest BCUT2D eigenvalue weighted by Gasteiger charge is -2.09. The van der Waals surface area contributed by atoms with E-state index in [1.54, 1.807) is 6.07 Å². The van der Waals surface area contributed by atoms with Crippen molar-refractivity contribution in [3.05, 3.63) is 50.8 Å². The molecule has 1 aromatic carbocycles. The van der Waals surface area contributed by atoms with Gasteiger partial charge in [0.05, 0.1) is 21.3 Å². The SMILES string of the molecule is Cc1cc(C)n(CCCNc2ccc([N+](=O)[O-])cc2Cl)n1. The van der Waals surface area contributed by atoms with E-state index in [4.69, 9.17) is 11.6 Å². The molecule has 6 nitrogen and oxygen atoms in total. The number of anilines is 1. The van der Waals surface area contributed by atoms with Crippen LogP contribution < -0.4 is 5.32 Å². The fourth-order valence-electron chi connectivity index (χ4n) is 2.11. The van der Waals surface area contributed by atoms with Crippen LogP contribution in [-0.4, -0.2) is 21.2 Å². The topological polar surface area (TPSA) is 73.0 Å². The van der Waals surface area contributed by atoms with Crippen LogP contribution in [0.2, 0.25) is 5.02 Å². The Balaban J connectivity index is 1.86. The van der Waals surface area contributed by atoms with Crippen molar-refractivity contribution in [2.75, 3.05) is 11.9 Å². The largest absolute Gasteiger partial charge is 0.384 e. The van der Waals surface area contributed by atoms with Gasteiger partial charge in [-0.05, 0) is 32.4 Å². The maximum absolute atomic E-state index is 10.6. The second-order valence-electron chi connectivity index (χ2n) is 4.85. The van der Waals surface area contributed by atoms with Crippen LogP contribution in [0.25, 0.3) is 0 Å². The number of aryl methyl sites for hydroxylation is 3. The lowest BCUT2D eigenvalue weighted by molar-refractivity contribution is -0.384. The summed E-state index contributed by atoms with van der Waals surface area (Å²) in [7, 11) is 0. The Labute approximate surface area is 127 Å². The van der Waals surface area contributed by atoms with E-state index in [0.717, 1.165) is 30.9 Å². The first kappa shape index (κ1) is 15.3. The maximum Gasteiger partial charge on any atom is 0.271 e. The van der Waals surface area contributed by atoms with Crippen LogP contribution in [0.15, 0.2) is 24.3 Å². The van der Waals surface area contributed by atoms with Crippen LogP contribution in [0, 0.1) is 24.0 Å². The lowest BCUT2D eigenvalue weighted by Crippen LogP contribution is -2.09. The minimum Gasteiger partial charge on any atom is -0.384 e. The number of nitrogens with zero attached hydrogens (tertiary/aromatic N) is 3. The molecule has 1 aromatic heterocycles. The van der Waals surface area contributed by atoms with Crippen molar-refractivity contribution in [1.29, 1.82) is 0 Å². The molecule has 0 radical (unpaired) electrons. The fourth-order valence-corrected chi connectivity index (χ4v) is 2.36. The molecule has 0 atom stereocenters. The van der Waals surface area contributed by atoms with E-state index in [2.05, 4.69) is 10.4 Å². The van der Waals surface area contributed by atoms with Crippen LogP contribution >= 0.6 is 11.6 Å². The molecule has 0 amide bonds. The van der Waals surface area contributed by atoms with Crippen LogP contribution in [0.3, 0.4) is 0 Å². The van der Waals surface area contributed by atoms with Crippen LogP contribution in [0.1, 0.15) is 17.8 Å². The van der Waals surface area contributed by atoms with Gasteiger partial charge in [-0.1, -0.05) is 11.6 Å². The van der Waals surface area contributed by atoms with Crippen molar-refractivity contribution >= 4 is 23.0 Å². The number of aromatic nitrogens is 2. The summed E-state index contributed by atoms with van der Waals surface area (Å²) in [5.74, 6) is 0. The molecular weight excluding hydrogens is 292 g/mol. The molecule has 0 aliphatic heterocycles. The first-order valence-corrected chi connectivity index (χ1v) is 7.04. The molecule has 7 heteroatoms. The second kappa shape index (κ2) is 6.58. The van der Waals surface area contributed by atoms with E-state index in [-0.39, 0.29) is 5.69 Å². The third-order valence-electron chi connectivity index (χ3n) is 3.13. The van der Waals surface area contributed by atoms with Crippen molar-refractivity contribution < 1.29 is 4.92 Å². The summed E-state index contributed by atoms with van der Waals surface area (Å²) in [6, 6.07) is 6.46. The summed E-state index contributed by atoms with van der Waals surface area (Å²) in [6.07, 6.45) is 0.884. The van der Waals surface area contributed by atoms with Crippen LogP contribution in [0.5, 0.6) is 0 Å². The molecule has 0 bridgehead atoms. The molecular formula is C14H17ClN4O2. The fraction of sp³-hybridized carbons (Fsp3) is 0.357. The number of benzene rings is 1. The van der Waals surface area contributed by atoms with Gasteiger partial charge in [-0.15, -0.1) is 0 Å². The predicted molar refractivity (Wildman–Crippen MR) is 82.9 cm³/mol. The van der Waals surface area contributed by atoms with E-state index in [9.17, 15) is 10.1 Å². The average Bonchev–Trinajstić information content (AvgIpc) is 2.74. The summed E-state index contributed by atoms with van der Waals surface area (Å²) >= 11 is 6.01. The molecule has 112 valence electrons. The molecule has 1 N–H and O–H groups in total. The Bertz CT molecular complexity index is 654. The normalized spacial score (nSPS) is 10.6. The molecule has 2 aromatic rings. The van der Waals surface area contributed by atoms with Crippen LogP contribution in [0.4, 0.5) is 11.4 Å². The summed E-state index contributed by atoms with van der Waals surface area (Å²) in [6.45, 7) is 5.53. The number of nitro benzene ring substituents is 1. The highest BCUT2D eigenvalue weighted by atomic mass is 35.5. The van der Waals surface area contributed by atoms with Gasteiger partial charge in [-0.3, -0.25) is 14.8 Å². The number of nitro groups is 1. The minimum atomic E-state index is -0.460. The highest BCUT2D eigenvalue weighted by Crippen LogP contribution is 2.26. The molecule has 21 heavy (non-hydrogen) atoms. The highest BCUT2D eigenvalue weighted by Gasteiger charge is 2.09. The second-order valence-corrected chi connectivity index (χ2v) is 5.26. The van der Waals surface area contributed by atoms with Gasteiger partial charge < -0.3 is 5.32 Å². The van der Waals surface area contributed by atoms with E-state index >= 15 is 0 Å². The standard InChI is InChI=1S/C14H17ClN4O2/c1-10-8-11(2)18(17-10)7-3-6-16-14-5-4-12(19(20)21)9-13(14)15/h4-5,8-9,16H,3,6-7H2,1-2H3. The van der Waals surface area contributed by atoms with Crippen molar-refractivity contribution in [3.8, 4) is 0 Å². The lowest BCUT2D eigenvalue weighted by atomic mass is 10.2. The van der Waals surface area contributed by atoms with E-state index in [0.29, 0.717) is 10.7 Å². The van der Waals surface area contributed by atoms with E-state index in [1.807, 2.05) is 24.6 Å². The molecule has 0 aliphatic rings. The van der Waals surface area contributed by atoms with Gasteiger partial charge in [-0.25, -0.2) is 0 Å². The third-order valence-corrected chi connectivity index (χ3v) is 3.44. The average molecular weight is 309 g/mol. The van der Waals surface area contributed by atoms with Crippen molar-refractivity contribution in [2.45, 2.75) is 26.8 Å². The summed E-state index contributed by atoms with van der Waals surface area (Å²) < 4.78 is 1.97. The zero-order chi connectivity index (χ0) is 15.4. The molecule has 0 saturated carbocycles. The van der Waals surface area contributed by atoms with Gasteiger partial charge in [0.2, 0.25) is 0 Å². The Kier molecular flexibility index (Phi) is 4.80. The molecule has 0 fully saturated rings. The number of nitrogens with one attached hydrogen (secondary N) is 1. The quantitative estimate of drug-likeness (QED) is 0.503. The molecule has 0 saturated heterocycles. The van der Waals surface area contributed by atoms with Crippen molar-refractivity contribution in [1.82, 2.24) is 9.78 Å². The Hall–Kier alpha value is -2.08. The van der Waals surface area contributed by atoms with Crippen molar-refractivity contribution in [2.24, 2.45) is 0 Å². The van der Waals surface area contributed by atoms with Gasteiger partial charge in [0, 0.05) is 30.9 Å². The van der Waals surface area contributed by atoms with E-state index < -0.39 is 4.92 Å². The first-order chi connectivity index (χ1) is 9.97. The predicted octanol–water partition coefficient (Wildman–Crippen LogP) is 3.56. The Morgan fingerprint density at radius 1 is 1.38 bits per heavy atom. The molecule has 0 spiro atoms. The monoisotopic (exact) mass is 308 g/mol. The number of hydrogen-bond donors (Lipinski definition) is 1. The molecule has 0 unspecified atom stereocenters. The summed E-state index contributed by atoms with van der Waals surface area (Å²) in [4.78, 5) is 10.2. The number of rotatable bonds is 6. The van der Waals surface area contributed by atoms with Crippen LogP contribution in [-0.2, 0) is 6.54 Å². The minimum absolute atomic E-state index is 0.00630. The van der Waals surface area contributed by atoms with E-state index in [1.165, 1.54) is 12.1 Å². The zero-order valence-corrected chi connectivity index (χ0v) is 12.7. The van der Waals surface area contributed by atoms with Gasteiger partial charge in [0.25, 0.3) is 5.69 Å². The summed E-state index contributed by atoms with van der Waals surface area (Å²) in [5, 5.41) is 18.6. The third kappa shape index (κ3) is 3.95. The smallest absolute Gasteiger partial charge is 0.271 e. The highest BCUT2D eigenvalue weighted by molar-refractivity contribution is 6.33. The maximum atomic E-state index is 10.6. The number of non-ortho nitro benzene ring substituents is 1.